The normalized spacial score (nSPS) is 11.2. The van der Waals surface area contributed by atoms with Crippen molar-refractivity contribution in [2.24, 2.45) is 0 Å². The summed E-state index contributed by atoms with van der Waals surface area (Å²) < 4.78 is 28.8. The van der Waals surface area contributed by atoms with E-state index < -0.39 is 15.9 Å². The van der Waals surface area contributed by atoms with Crippen molar-refractivity contribution in [2.75, 3.05) is 10.0 Å². The maximum atomic E-state index is 12.8. The average Bonchev–Trinajstić information content (AvgIpc) is 2.67. The third-order valence-corrected chi connectivity index (χ3v) is 7.02. The molecule has 1 amide bonds. The lowest BCUT2D eigenvalue weighted by Gasteiger charge is -2.13. The average molecular weight is 595 g/mol. The summed E-state index contributed by atoms with van der Waals surface area (Å²) in [5.74, 6) is -0.882. The number of benzene rings is 3. The molecule has 0 heterocycles. The first-order valence-electron chi connectivity index (χ1n) is 8.14. The number of phenols is 1. The number of carbonyl (C=O) groups excluding carboxylic acids is 1. The minimum absolute atomic E-state index is 0.00473. The first-order valence-corrected chi connectivity index (χ1v) is 12.0. The summed E-state index contributed by atoms with van der Waals surface area (Å²) >= 11 is 18.3. The molecule has 11 heteroatoms. The molecule has 0 unspecified atom stereocenters. The van der Waals surface area contributed by atoms with Gasteiger partial charge >= 0.3 is 0 Å². The molecule has 30 heavy (non-hydrogen) atoms. The van der Waals surface area contributed by atoms with Gasteiger partial charge in [-0.05, 0) is 70.5 Å². The van der Waals surface area contributed by atoms with Crippen molar-refractivity contribution in [3.05, 3.63) is 79.2 Å². The lowest BCUT2D eigenvalue weighted by Crippen LogP contribution is -2.16. The van der Waals surface area contributed by atoms with Crippen LogP contribution < -0.4 is 10.0 Å². The fourth-order valence-corrected chi connectivity index (χ4v) is 5.39. The van der Waals surface area contributed by atoms with Crippen molar-refractivity contribution in [1.29, 1.82) is 0 Å². The van der Waals surface area contributed by atoms with Gasteiger partial charge in [0.15, 0.2) is 0 Å². The predicted molar refractivity (Wildman–Crippen MR) is 125 cm³/mol. The van der Waals surface area contributed by atoms with Crippen LogP contribution in [0, 0.1) is 0 Å². The first-order chi connectivity index (χ1) is 14.1. The number of hydrogen-bond donors (Lipinski definition) is 3. The minimum atomic E-state index is -4.04. The number of halogens is 4. The number of rotatable bonds is 5. The fraction of sp³-hybridized carbons (Fsp3) is 0. The molecule has 156 valence electrons. The molecular weight excluding hydrogens is 583 g/mol. The number of hydrogen-bond acceptors (Lipinski definition) is 4. The fourth-order valence-electron chi connectivity index (χ4n) is 2.45. The quantitative estimate of drug-likeness (QED) is 0.324. The number of phenolic OH excluding ortho intramolecular Hbond substituents is 1. The Morgan fingerprint density at radius 3 is 2.23 bits per heavy atom. The number of amides is 1. The molecule has 3 aromatic carbocycles. The monoisotopic (exact) mass is 592 g/mol. The molecule has 0 aliphatic rings. The van der Waals surface area contributed by atoms with E-state index in [2.05, 4.69) is 41.9 Å². The molecule has 0 atom stereocenters. The molecule has 0 aliphatic heterocycles. The van der Waals surface area contributed by atoms with Crippen molar-refractivity contribution in [3.63, 3.8) is 0 Å². The molecule has 0 spiro atoms. The van der Waals surface area contributed by atoms with Gasteiger partial charge in [-0.2, -0.15) is 0 Å². The second kappa shape index (κ2) is 9.15. The molecule has 0 radical (unpaired) electrons. The summed E-state index contributed by atoms with van der Waals surface area (Å²) in [7, 11) is -4.04. The van der Waals surface area contributed by atoms with Gasteiger partial charge in [0, 0.05) is 20.9 Å². The molecule has 3 rings (SSSR count). The molecule has 3 aromatic rings. The van der Waals surface area contributed by atoms with Crippen LogP contribution in [0.25, 0.3) is 0 Å². The highest BCUT2D eigenvalue weighted by molar-refractivity contribution is 9.11. The lowest BCUT2D eigenvalue weighted by molar-refractivity contribution is 0.102. The van der Waals surface area contributed by atoms with E-state index >= 15 is 0 Å². The smallest absolute Gasteiger partial charge is 0.263 e. The topological polar surface area (TPSA) is 95.5 Å². The highest BCUT2D eigenvalue weighted by Gasteiger charge is 2.21. The second-order valence-electron chi connectivity index (χ2n) is 6.00. The van der Waals surface area contributed by atoms with Gasteiger partial charge in [-0.15, -0.1) is 0 Å². The third-order valence-electron chi connectivity index (χ3n) is 3.85. The summed E-state index contributed by atoms with van der Waals surface area (Å²) in [4.78, 5) is 12.4. The van der Waals surface area contributed by atoms with Crippen molar-refractivity contribution in [2.45, 2.75) is 4.90 Å². The predicted octanol–water partition coefficient (Wildman–Crippen LogP) is 6.28. The maximum Gasteiger partial charge on any atom is 0.263 e. The van der Waals surface area contributed by atoms with Crippen LogP contribution in [-0.2, 0) is 10.0 Å². The van der Waals surface area contributed by atoms with Crippen LogP contribution in [0.2, 0.25) is 10.0 Å². The highest BCUT2D eigenvalue weighted by atomic mass is 79.9. The molecule has 3 N–H and O–H groups in total. The van der Waals surface area contributed by atoms with Crippen LogP contribution in [0.15, 0.2) is 68.4 Å². The van der Waals surface area contributed by atoms with Gasteiger partial charge in [-0.1, -0.05) is 39.1 Å². The summed E-state index contributed by atoms with van der Waals surface area (Å²) in [6.07, 6.45) is 0. The van der Waals surface area contributed by atoms with Crippen molar-refractivity contribution in [1.82, 2.24) is 0 Å². The van der Waals surface area contributed by atoms with Gasteiger partial charge in [0.2, 0.25) is 0 Å². The van der Waals surface area contributed by atoms with Crippen LogP contribution in [-0.4, -0.2) is 19.4 Å². The van der Waals surface area contributed by atoms with E-state index in [9.17, 15) is 18.3 Å². The van der Waals surface area contributed by atoms with E-state index in [0.29, 0.717) is 19.7 Å². The Bertz CT molecular complexity index is 1240. The Morgan fingerprint density at radius 2 is 1.57 bits per heavy atom. The Morgan fingerprint density at radius 1 is 0.933 bits per heavy atom. The van der Waals surface area contributed by atoms with Gasteiger partial charge in [-0.3, -0.25) is 9.52 Å². The largest absolute Gasteiger partial charge is 0.506 e. The molecule has 0 saturated carbocycles. The zero-order chi connectivity index (χ0) is 22.1. The van der Waals surface area contributed by atoms with Gasteiger partial charge in [0.25, 0.3) is 15.9 Å². The maximum absolute atomic E-state index is 12.8. The molecule has 0 aliphatic carbocycles. The van der Waals surface area contributed by atoms with E-state index in [0.717, 1.165) is 0 Å². The van der Waals surface area contributed by atoms with Gasteiger partial charge in [0.05, 0.1) is 15.1 Å². The molecule has 0 fully saturated rings. The molecule has 0 bridgehead atoms. The van der Waals surface area contributed by atoms with Crippen LogP contribution in [0.5, 0.6) is 5.75 Å². The van der Waals surface area contributed by atoms with E-state index in [-0.39, 0.29) is 26.9 Å². The zero-order valence-corrected chi connectivity index (χ0v) is 20.3. The Kier molecular flexibility index (Phi) is 6.98. The summed E-state index contributed by atoms with van der Waals surface area (Å²) in [5, 5.41) is 13.1. The van der Waals surface area contributed by atoms with Crippen LogP contribution in [0.4, 0.5) is 11.4 Å². The van der Waals surface area contributed by atoms with E-state index in [4.69, 9.17) is 23.2 Å². The van der Waals surface area contributed by atoms with E-state index in [1.807, 2.05) is 0 Å². The second-order valence-corrected chi connectivity index (χ2v) is 10.3. The number of anilines is 2. The standard InChI is InChI=1S/C19H12Br2Cl2N2O4S/c20-10-7-14(18(26)15(21)8-10)19(27)24-13-5-6-16(23)17(9-13)30(28,29)25-12-3-1-11(22)2-4-12/h1-9,25-26H,(H,24,27). The Labute approximate surface area is 199 Å². The Balaban J connectivity index is 1.90. The van der Waals surface area contributed by atoms with Crippen LogP contribution in [0.1, 0.15) is 10.4 Å². The van der Waals surface area contributed by atoms with E-state index in [1.165, 1.54) is 36.4 Å². The number of nitrogens with one attached hydrogen (secondary N) is 2. The van der Waals surface area contributed by atoms with Crippen LogP contribution >= 0.6 is 55.1 Å². The van der Waals surface area contributed by atoms with Crippen LogP contribution in [0.3, 0.4) is 0 Å². The van der Waals surface area contributed by atoms with Gasteiger partial charge < -0.3 is 10.4 Å². The number of sulfonamides is 1. The van der Waals surface area contributed by atoms with Gasteiger partial charge in [0.1, 0.15) is 10.6 Å². The van der Waals surface area contributed by atoms with Crippen molar-refractivity contribution < 1.29 is 18.3 Å². The molecule has 6 nitrogen and oxygen atoms in total. The molecular formula is C19H12Br2Cl2N2O4S. The minimum Gasteiger partial charge on any atom is -0.506 e. The van der Waals surface area contributed by atoms with Gasteiger partial charge in [-0.25, -0.2) is 8.42 Å². The third kappa shape index (κ3) is 5.28. The molecule has 0 aromatic heterocycles. The van der Waals surface area contributed by atoms with Crippen molar-refractivity contribution >= 4 is 82.4 Å². The SMILES string of the molecule is O=C(Nc1ccc(Cl)c(S(=O)(=O)Nc2ccc(Cl)cc2)c1)c1cc(Br)cc(Br)c1O. The zero-order valence-electron chi connectivity index (χ0n) is 14.8. The number of aromatic hydroxyl groups is 1. The van der Waals surface area contributed by atoms with Crippen molar-refractivity contribution in [3.8, 4) is 5.75 Å². The molecule has 0 saturated heterocycles. The summed E-state index contributed by atoms with van der Waals surface area (Å²) in [5.41, 5.74) is 0.472. The Hall–Kier alpha value is -1.78. The summed E-state index contributed by atoms with van der Waals surface area (Å²) in [6.45, 7) is 0. The lowest BCUT2D eigenvalue weighted by atomic mass is 10.2. The summed E-state index contributed by atoms with van der Waals surface area (Å²) in [6, 6.07) is 13.1. The highest BCUT2D eigenvalue weighted by Crippen LogP contribution is 2.33. The number of carbonyl (C=O) groups is 1. The van der Waals surface area contributed by atoms with E-state index in [1.54, 1.807) is 18.2 Å². The first kappa shape index (κ1) is 22.9.